The summed E-state index contributed by atoms with van der Waals surface area (Å²) in [7, 11) is 0. The van der Waals surface area contributed by atoms with E-state index in [1.54, 1.807) is 29.1 Å². The molecule has 4 fully saturated rings. The van der Waals surface area contributed by atoms with Gasteiger partial charge in [0.2, 0.25) is 5.88 Å². The van der Waals surface area contributed by atoms with Gasteiger partial charge in [0, 0.05) is 50.6 Å². The Balaban J connectivity index is 0.000000181. The van der Waals surface area contributed by atoms with Gasteiger partial charge < -0.3 is 38.5 Å². The number of nitrogens with zero attached hydrogens (tertiary/aromatic N) is 2. The smallest absolute Gasteiger partial charge is 0.336 e. The minimum Gasteiger partial charge on any atom is -0.492 e. The first-order valence-electron chi connectivity index (χ1n) is 21.7. The Morgan fingerprint density at radius 1 is 0.650 bits per heavy atom. The quantitative estimate of drug-likeness (QED) is 0.0992. The van der Waals surface area contributed by atoms with Crippen molar-refractivity contribution in [2.45, 2.75) is 119 Å². The number of ether oxygens (including phenoxy) is 5. The number of pyridine rings is 2. The number of carboxylic acid groups (broad SMARTS) is 2. The third-order valence-electron chi connectivity index (χ3n) is 12.4. The Morgan fingerprint density at radius 2 is 1.15 bits per heavy atom. The predicted octanol–water partition coefficient (Wildman–Crippen LogP) is 8.13. The maximum Gasteiger partial charge on any atom is 0.336 e. The third-order valence-corrected chi connectivity index (χ3v) is 12.4. The molecule has 2 aliphatic heterocycles. The number of aromatic nitrogens is 2. The van der Waals surface area contributed by atoms with Crippen molar-refractivity contribution in [3.63, 3.8) is 0 Å². The second kappa shape index (κ2) is 20.4. The number of hydrogen-bond donors (Lipinski definition) is 2. The first-order chi connectivity index (χ1) is 29.2. The molecular formula is C48H58N2O10. The molecule has 2 atom stereocenters. The van der Waals surface area contributed by atoms with E-state index in [1.165, 1.54) is 68.6 Å². The molecular weight excluding hydrogens is 765 g/mol. The first kappa shape index (κ1) is 42.9. The number of carboxylic acids is 2. The second-order valence-electron chi connectivity index (χ2n) is 16.6. The Labute approximate surface area is 351 Å². The molecule has 0 spiro atoms. The van der Waals surface area contributed by atoms with Gasteiger partial charge in [-0.05, 0) is 122 Å². The molecule has 12 nitrogen and oxygen atoms in total. The first-order valence-corrected chi connectivity index (χ1v) is 21.7. The van der Waals surface area contributed by atoms with Crippen LogP contribution >= 0.6 is 0 Å². The van der Waals surface area contributed by atoms with Crippen LogP contribution in [-0.4, -0.2) is 75.9 Å². The lowest BCUT2D eigenvalue weighted by atomic mass is 9.92. The summed E-state index contributed by atoms with van der Waals surface area (Å²) in [6, 6.07) is 23.6. The highest BCUT2D eigenvalue weighted by atomic mass is 16.5. The maximum absolute atomic E-state index is 12.4. The van der Waals surface area contributed by atoms with Gasteiger partial charge in [-0.25, -0.2) is 14.6 Å². The summed E-state index contributed by atoms with van der Waals surface area (Å²) < 4.78 is 29.9. The van der Waals surface area contributed by atoms with Crippen LogP contribution in [0.25, 0.3) is 0 Å². The molecule has 12 heteroatoms. The monoisotopic (exact) mass is 822 g/mol. The summed E-state index contributed by atoms with van der Waals surface area (Å²) in [5.74, 6) is 1.63. The molecule has 8 rings (SSSR count). The van der Waals surface area contributed by atoms with Crippen molar-refractivity contribution in [2.24, 2.45) is 0 Å². The molecule has 0 radical (unpaired) electrons. The molecule has 2 saturated heterocycles. The van der Waals surface area contributed by atoms with E-state index >= 15 is 0 Å². The average molecular weight is 823 g/mol. The lowest BCUT2D eigenvalue weighted by molar-refractivity contribution is -0.160. The minimum atomic E-state index is -1.20. The third kappa shape index (κ3) is 11.1. The van der Waals surface area contributed by atoms with Crippen molar-refractivity contribution < 1.29 is 43.5 Å². The van der Waals surface area contributed by atoms with Crippen molar-refractivity contribution in [3.8, 4) is 17.4 Å². The number of carbonyl (C=O) groups is 2. The van der Waals surface area contributed by atoms with E-state index in [1.807, 2.05) is 30.3 Å². The highest BCUT2D eigenvalue weighted by molar-refractivity contribution is 5.78. The van der Waals surface area contributed by atoms with Crippen LogP contribution in [-0.2, 0) is 38.4 Å². The molecule has 2 aromatic heterocycles. The van der Waals surface area contributed by atoms with E-state index in [4.69, 9.17) is 23.7 Å². The van der Waals surface area contributed by atoms with Crippen molar-refractivity contribution >= 4 is 11.9 Å². The topological polar surface area (TPSA) is 156 Å². The largest absolute Gasteiger partial charge is 0.492 e. The Bertz CT molecular complexity index is 2060. The predicted molar refractivity (Wildman–Crippen MR) is 225 cm³/mol. The fraction of sp³-hybridized carbons (Fsp3) is 0.500. The summed E-state index contributed by atoms with van der Waals surface area (Å²) in [5, 5.41) is 19.1. The molecule has 320 valence electrons. The van der Waals surface area contributed by atoms with E-state index in [-0.39, 0.29) is 12.0 Å². The van der Waals surface area contributed by atoms with Gasteiger partial charge >= 0.3 is 11.9 Å². The number of benzene rings is 2. The van der Waals surface area contributed by atoms with Gasteiger partial charge in [0.15, 0.2) is 11.2 Å². The van der Waals surface area contributed by atoms with Crippen LogP contribution in [0, 0.1) is 0 Å². The molecule has 0 amide bonds. The van der Waals surface area contributed by atoms with Gasteiger partial charge in [-0.15, -0.1) is 0 Å². The molecule has 60 heavy (non-hydrogen) atoms. The number of aliphatic carboxylic acids is 2. The zero-order valence-corrected chi connectivity index (χ0v) is 34.4. The van der Waals surface area contributed by atoms with Gasteiger partial charge in [0.05, 0.1) is 6.54 Å². The van der Waals surface area contributed by atoms with Gasteiger partial charge in [0.25, 0.3) is 5.56 Å². The average Bonchev–Trinajstić information content (AvgIpc) is 4.11. The van der Waals surface area contributed by atoms with Crippen molar-refractivity contribution in [1.82, 2.24) is 9.55 Å². The van der Waals surface area contributed by atoms with Gasteiger partial charge in [-0.2, -0.15) is 0 Å². The van der Waals surface area contributed by atoms with Gasteiger partial charge in [-0.3, -0.25) is 4.79 Å². The molecule has 4 aromatic rings. The van der Waals surface area contributed by atoms with Crippen molar-refractivity contribution in [1.29, 1.82) is 0 Å². The number of hydrogen-bond acceptors (Lipinski definition) is 9. The van der Waals surface area contributed by atoms with Crippen LogP contribution in [0.4, 0.5) is 0 Å². The zero-order valence-electron chi connectivity index (χ0n) is 34.4. The van der Waals surface area contributed by atoms with Crippen LogP contribution in [0.1, 0.15) is 111 Å². The van der Waals surface area contributed by atoms with Gasteiger partial charge in [-0.1, -0.05) is 49.9 Å². The van der Waals surface area contributed by atoms with Crippen molar-refractivity contribution in [3.05, 3.63) is 118 Å². The lowest BCUT2D eigenvalue weighted by Gasteiger charge is -2.23. The molecule has 2 aromatic carbocycles. The van der Waals surface area contributed by atoms with Gasteiger partial charge in [0.1, 0.15) is 31.3 Å². The van der Waals surface area contributed by atoms with Crippen LogP contribution < -0.4 is 19.8 Å². The fourth-order valence-corrected chi connectivity index (χ4v) is 9.06. The standard InChI is InChI=1S/2C24H29NO5/c26-22-16-18(17-24(23(27)28)11-3-14-30-24)10-12-25(22)13-15-29-21-8-6-20(7-9-21)19-4-1-2-5-19;26-23(27)24(11-3-13-30-24)17-18-10-12-25-22(16-18)29-15-14-28-21-8-6-20(7-9-21)19-4-1-2-5-19/h6-10,12,16,19H,1-5,11,13-15,17H2,(H,27,28);6-10,12,16,19H,1-5,11,13-15,17H2,(H,26,27). The Kier molecular flexibility index (Phi) is 14.6. The maximum atomic E-state index is 12.4. The summed E-state index contributed by atoms with van der Waals surface area (Å²) in [6.45, 7) is 2.54. The van der Waals surface area contributed by atoms with E-state index in [2.05, 4.69) is 29.2 Å². The molecule has 0 bridgehead atoms. The van der Waals surface area contributed by atoms with Crippen LogP contribution in [0.5, 0.6) is 17.4 Å². The molecule has 4 aliphatic rings. The summed E-state index contributed by atoms with van der Waals surface area (Å²) >= 11 is 0. The van der Waals surface area contributed by atoms with E-state index in [9.17, 15) is 24.6 Å². The van der Waals surface area contributed by atoms with E-state index < -0.39 is 23.1 Å². The highest BCUT2D eigenvalue weighted by Gasteiger charge is 2.44. The second-order valence-corrected chi connectivity index (χ2v) is 16.6. The summed E-state index contributed by atoms with van der Waals surface area (Å²) in [5.41, 5.74) is 1.82. The molecule has 2 N–H and O–H groups in total. The number of rotatable bonds is 17. The Morgan fingerprint density at radius 3 is 1.63 bits per heavy atom. The molecule has 2 aliphatic carbocycles. The fourth-order valence-electron chi connectivity index (χ4n) is 9.06. The van der Waals surface area contributed by atoms with Crippen LogP contribution in [0.3, 0.4) is 0 Å². The highest BCUT2D eigenvalue weighted by Crippen LogP contribution is 2.36. The van der Waals surface area contributed by atoms with Crippen LogP contribution in [0.2, 0.25) is 0 Å². The Hall–Kier alpha value is -5.20. The molecule has 2 unspecified atom stereocenters. The SMILES string of the molecule is O=C(O)C1(Cc2ccn(CCOc3ccc(C4CCCC4)cc3)c(=O)c2)CCCO1.O=C(O)C1(Cc2ccnc(OCCOc3ccc(C4CCCC4)cc3)c2)CCCO1. The van der Waals surface area contributed by atoms with Crippen molar-refractivity contribution in [2.75, 3.05) is 33.0 Å². The van der Waals surface area contributed by atoms with Crippen LogP contribution in [0.15, 0.2) is 90.0 Å². The summed E-state index contributed by atoms with van der Waals surface area (Å²) in [6.07, 6.45) is 16.8. The molecule has 2 saturated carbocycles. The van der Waals surface area contributed by atoms with E-state index in [0.717, 1.165) is 29.9 Å². The zero-order chi connectivity index (χ0) is 41.8. The normalized spacial score (nSPS) is 21.7. The summed E-state index contributed by atoms with van der Waals surface area (Å²) in [4.78, 5) is 39.9. The van der Waals surface area contributed by atoms with E-state index in [0.29, 0.717) is 82.1 Å². The molecule has 4 heterocycles. The minimum absolute atomic E-state index is 0.161. The lowest BCUT2D eigenvalue weighted by Crippen LogP contribution is -2.40.